The molecule has 0 fully saturated rings. The summed E-state index contributed by atoms with van der Waals surface area (Å²) in [6, 6.07) is 5.89. The normalized spacial score (nSPS) is 13.0. The Morgan fingerprint density at radius 3 is 3.00 bits per heavy atom. The molecule has 2 heterocycles. The highest BCUT2D eigenvalue weighted by atomic mass is 16.7. The molecule has 82 valence electrons. The van der Waals surface area contributed by atoms with Gasteiger partial charge in [-0.25, -0.2) is 4.98 Å². The predicted molar refractivity (Wildman–Crippen MR) is 58.4 cm³/mol. The molecule has 0 radical (unpaired) electrons. The van der Waals surface area contributed by atoms with Gasteiger partial charge in [0.05, 0.1) is 6.20 Å². The van der Waals surface area contributed by atoms with Gasteiger partial charge in [-0.15, -0.1) is 0 Å². The molecule has 2 aromatic rings. The molecule has 16 heavy (non-hydrogen) atoms. The van der Waals surface area contributed by atoms with Crippen LogP contribution >= 0.6 is 0 Å². The number of imidazole rings is 1. The Morgan fingerprint density at radius 1 is 1.31 bits per heavy atom. The van der Waals surface area contributed by atoms with Gasteiger partial charge in [-0.1, -0.05) is 6.07 Å². The number of benzene rings is 1. The highest BCUT2D eigenvalue weighted by Gasteiger charge is 2.13. The van der Waals surface area contributed by atoms with Gasteiger partial charge in [0, 0.05) is 12.1 Å². The van der Waals surface area contributed by atoms with E-state index < -0.39 is 0 Å². The lowest BCUT2D eigenvalue weighted by Crippen LogP contribution is -1.93. The molecule has 1 aromatic carbocycles. The van der Waals surface area contributed by atoms with Crippen molar-refractivity contribution in [3.8, 4) is 11.5 Å². The van der Waals surface area contributed by atoms with Crippen molar-refractivity contribution in [1.29, 1.82) is 0 Å². The molecule has 5 heteroatoms. The van der Waals surface area contributed by atoms with E-state index in [0.717, 1.165) is 29.2 Å². The number of hydrogen-bond donors (Lipinski definition) is 2. The quantitative estimate of drug-likeness (QED) is 0.795. The molecule has 0 amide bonds. The van der Waals surface area contributed by atoms with Crippen molar-refractivity contribution in [2.75, 3.05) is 12.5 Å². The molecular weight excluding hydrogens is 206 g/mol. The van der Waals surface area contributed by atoms with E-state index in [2.05, 4.69) is 9.97 Å². The van der Waals surface area contributed by atoms with Crippen molar-refractivity contribution in [2.45, 2.75) is 6.42 Å². The summed E-state index contributed by atoms with van der Waals surface area (Å²) in [4.78, 5) is 6.94. The van der Waals surface area contributed by atoms with Gasteiger partial charge in [0.2, 0.25) is 6.79 Å². The molecule has 0 bridgehead atoms. The average Bonchev–Trinajstić information content (AvgIpc) is 2.87. The third-order valence-corrected chi connectivity index (χ3v) is 2.48. The molecule has 0 spiro atoms. The second kappa shape index (κ2) is 3.44. The summed E-state index contributed by atoms with van der Waals surface area (Å²) in [6.07, 6.45) is 2.49. The molecule has 0 aliphatic carbocycles. The minimum absolute atomic E-state index is 0.301. The molecule has 3 rings (SSSR count). The molecular formula is C11H11N3O2. The highest BCUT2D eigenvalue weighted by molar-refractivity contribution is 5.45. The van der Waals surface area contributed by atoms with Gasteiger partial charge in [0.25, 0.3) is 0 Å². The fourth-order valence-corrected chi connectivity index (χ4v) is 1.74. The number of nitrogens with two attached hydrogens (primary N) is 1. The van der Waals surface area contributed by atoms with Gasteiger partial charge in [0.15, 0.2) is 17.4 Å². The van der Waals surface area contributed by atoms with Gasteiger partial charge in [-0.3, -0.25) is 0 Å². The maximum Gasteiger partial charge on any atom is 0.231 e. The van der Waals surface area contributed by atoms with Crippen LogP contribution in [0.2, 0.25) is 0 Å². The van der Waals surface area contributed by atoms with Gasteiger partial charge in [-0.05, 0) is 17.7 Å². The highest BCUT2D eigenvalue weighted by Crippen LogP contribution is 2.32. The predicted octanol–water partition coefficient (Wildman–Crippen LogP) is 1.31. The number of hydrogen-bond acceptors (Lipinski definition) is 4. The number of anilines is 1. The summed E-state index contributed by atoms with van der Waals surface area (Å²) in [7, 11) is 0. The molecule has 5 nitrogen and oxygen atoms in total. The Hall–Kier alpha value is -2.17. The zero-order valence-electron chi connectivity index (χ0n) is 8.56. The third kappa shape index (κ3) is 1.56. The third-order valence-electron chi connectivity index (χ3n) is 2.48. The summed E-state index contributed by atoms with van der Waals surface area (Å²) >= 11 is 0. The van der Waals surface area contributed by atoms with Crippen LogP contribution in [0.25, 0.3) is 0 Å². The Labute approximate surface area is 92.2 Å². The van der Waals surface area contributed by atoms with Crippen LogP contribution in [0.5, 0.6) is 11.5 Å². The van der Waals surface area contributed by atoms with Gasteiger partial charge >= 0.3 is 0 Å². The summed E-state index contributed by atoms with van der Waals surface area (Å²) in [5.74, 6) is 2.04. The maximum absolute atomic E-state index is 5.51. The van der Waals surface area contributed by atoms with Crippen molar-refractivity contribution >= 4 is 5.95 Å². The number of H-pyrrole nitrogens is 1. The number of ether oxygens (including phenoxy) is 2. The van der Waals surface area contributed by atoms with Crippen molar-refractivity contribution < 1.29 is 9.47 Å². The lowest BCUT2D eigenvalue weighted by atomic mass is 10.1. The molecule has 0 saturated heterocycles. The molecule has 0 unspecified atom stereocenters. The monoisotopic (exact) mass is 217 g/mol. The summed E-state index contributed by atoms with van der Waals surface area (Å²) in [5.41, 5.74) is 7.63. The first-order valence-electron chi connectivity index (χ1n) is 4.99. The minimum Gasteiger partial charge on any atom is -0.454 e. The van der Waals surface area contributed by atoms with Crippen LogP contribution in [0, 0.1) is 0 Å². The molecule has 1 aromatic heterocycles. The van der Waals surface area contributed by atoms with E-state index in [-0.39, 0.29) is 0 Å². The topological polar surface area (TPSA) is 73.2 Å². The second-order valence-corrected chi connectivity index (χ2v) is 3.66. The van der Waals surface area contributed by atoms with E-state index in [9.17, 15) is 0 Å². The molecule has 1 aliphatic heterocycles. The number of fused-ring (bicyclic) bond motifs is 1. The smallest absolute Gasteiger partial charge is 0.231 e. The summed E-state index contributed by atoms with van der Waals surface area (Å²) in [6.45, 7) is 0.301. The van der Waals surface area contributed by atoms with E-state index in [1.807, 2.05) is 18.2 Å². The fourth-order valence-electron chi connectivity index (χ4n) is 1.74. The zero-order chi connectivity index (χ0) is 11.0. The van der Waals surface area contributed by atoms with Crippen LogP contribution in [-0.2, 0) is 6.42 Å². The van der Waals surface area contributed by atoms with Gasteiger partial charge < -0.3 is 20.2 Å². The van der Waals surface area contributed by atoms with Crippen LogP contribution < -0.4 is 15.2 Å². The molecule has 0 atom stereocenters. The van der Waals surface area contributed by atoms with Crippen LogP contribution in [-0.4, -0.2) is 16.8 Å². The summed E-state index contributed by atoms with van der Waals surface area (Å²) in [5, 5.41) is 0. The van der Waals surface area contributed by atoms with Crippen LogP contribution in [0.3, 0.4) is 0 Å². The van der Waals surface area contributed by atoms with E-state index in [4.69, 9.17) is 15.2 Å². The van der Waals surface area contributed by atoms with Gasteiger partial charge in [-0.2, -0.15) is 0 Å². The number of nitrogens with zero attached hydrogens (tertiary/aromatic N) is 1. The van der Waals surface area contributed by atoms with E-state index in [1.54, 1.807) is 6.20 Å². The van der Waals surface area contributed by atoms with E-state index in [1.165, 1.54) is 0 Å². The lowest BCUT2D eigenvalue weighted by Gasteiger charge is -2.01. The Morgan fingerprint density at radius 2 is 2.19 bits per heavy atom. The molecule has 3 N–H and O–H groups in total. The first kappa shape index (κ1) is 9.08. The van der Waals surface area contributed by atoms with E-state index >= 15 is 0 Å². The van der Waals surface area contributed by atoms with Crippen LogP contribution in [0.15, 0.2) is 24.4 Å². The first-order chi connectivity index (χ1) is 7.81. The Bertz CT molecular complexity index is 522. The number of nitrogen functional groups attached to an aromatic ring is 1. The largest absolute Gasteiger partial charge is 0.454 e. The Balaban J connectivity index is 1.85. The first-order valence-corrected chi connectivity index (χ1v) is 4.99. The van der Waals surface area contributed by atoms with Crippen molar-refractivity contribution in [1.82, 2.24) is 9.97 Å². The SMILES string of the molecule is Nc1ncc(Cc2ccc3c(c2)OCO3)[nH]1. The lowest BCUT2D eigenvalue weighted by molar-refractivity contribution is 0.174. The number of rotatable bonds is 2. The summed E-state index contributed by atoms with van der Waals surface area (Å²) < 4.78 is 10.6. The minimum atomic E-state index is 0.301. The van der Waals surface area contributed by atoms with Crippen molar-refractivity contribution in [2.24, 2.45) is 0 Å². The van der Waals surface area contributed by atoms with Crippen molar-refractivity contribution in [3.63, 3.8) is 0 Å². The van der Waals surface area contributed by atoms with Crippen LogP contribution in [0.4, 0.5) is 5.95 Å². The number of nitrogens with one attached hydrogen (secondary N) is 1. The van der Waals surface area contributed by atoms with E-state index in [0.29, 0.717) is 12.7 Å². The number of aromatic nitrogens is 2. The standard InChI is InChI=1S/C11H11N3O2/c12-11-13-5-8(14-11)3-7-1-2-9-10(4-7)16-6-15-9/h1-2,4-5H,3,6H2,(H3,12,13,14). The van der Waals surface area contributed by atoms with Gasteiger partial charge in [0.1, 0.15) is 0 Å². The number of aromatic amines is 1. The Kier molecular flexibility index (Phi) is 1.96. The fraction of sp³-hybridized carbons (Fsp3) is 0.182. The van der Waals surface area contributed by atoms with Crippen molar-refractivity contribution in [3.05, 3.63) is 35.7 Å². The molecule has 1 aliphatic rings. The van der Waals surface area contributed by atoms with Crippen LogP contribution in [0.1, 0.15) is 11.3 Å². The second-order valence-electron chi connectivity index (χ2n) is 3.66. The average molecular weight is 217 g/mol. The molecule has 0 saturated carbocycles. The maximum atomic E-state index is 5.51. The zero-order valence-corrected chi connectivity index (χ0v) is 8.56.